The van der Waals surface area contributed by atoms with E-state index in [-0.39, 0.29) is 23.5 Å². The third-order valence-corrected chi connectivity index (χ3v) is 6.97. The maximum absolute atomic E-state index is 13.4. The number of benzene rings is 4. The Balaban J connectivity index is 1.42. The Hall–Kier alpha value is -5.37. The molecule has 8 heteroatoms. The number of para-hydroxylation sites is 1. The van der Waals surface area contributed by atoms with Crippen LogP contribution in [0.1, 0.15) is 16.8 Å². The Bertz CT molecular complexity index is 2030. The highest BCUT2D eigenvalue weighted by atomic mass is 16.5. The second-order valence-electron chi connectivity index (χ2n) is 9.43. The summed E-state index contributed by atoms with van der Waals surface area (Å²) < 4.78 is 14.9. The SMILES string of the molecule is Cc1c(N=Cc2c(OCc3cc(=O)oc4cc(O)ccc34)ccc3ccccc23)c(=O)n(-c2ccccc2)n1C. The Morgan fingerprint density at radius 1 is 0.925 bits per heavy atom. The van der Waals surface area contributed by atoms with Crippen molar-refractivity contribution in [1.82, 2.24) is 9.36 Å². The summed E-state index contributed by atoms with van der Waals surface area (Å²) in [6.07, 6.45) is 1.66. The predicted octanol–water partition coefficient (Wildman–Crippen LogP) is 5.78. The maximum Gasteiger partial charge on any atom is 0.336 e. The molecule has 198 valence electrons. The Labute approximate surface area is 228 Å². The highest BCUT2D eigenvalue weighted by molar-refractivity contribution is 6.03. The van der Waals surface area contributed by atoms with E-state index in [1.165, 1.54) is 18.2 Å². The molecule has 2 aromatic heterocycles. The van der Waals surface area contributed by atoms with Gasteiger partial charge < -0.3 is 14.3 Å². The summed E-state index contributed by atoms with van der Waals surface area (Å²) in [4.78, 5) is 30.2. The number of aromatic hydroxyl groups is 1. The summed E-state index contributed by atoms with van der Waals surface area (Å²) in [5.41, 5.74) is 2.64. The molecule has 6 aromatic rings. The zero-order valence-corrected chi connectivity index (χ0v) is 21.9. The van der Waals surface area contributed by atoms with Crippen molar-refractivity contribution in [3.05, 3.63) is 129 Å². The Morgan fingerprint density at radius 3 is 2.52 bits per heavy atom. The lowest BCUT2D eigenvalue weighted by Gasteiger charge is -2.13. The molecule has 0 radical (unpaired) electrons. The molecule has 40 heavy (non-hydrogen) atoms. The van der Waals surface area contributed by atoms with Crippen molar-refractivity contribution in [3.8, 4) is 17.2 Å². The van der Waals surface area contributed by atoms with Crippen LogP contribution in [-0.4, -0.2) is 20.7 Å². The van der Waals surface area contributed by atoms with Crippen molar-refractivity contribution in [2.24, 2.45) is 12.0 Å². The molecule has 1 N–H and O–H groups in total. The summed E-state index contributed by atoms with van der Waals surface area (Å²) in [6.45, 7) is 1.94. The van der Waals surface area contributed by atoms with Gasteiger partial charge in [-0.05, 0) is 48.0 Å². The lowest BCUT2D eigenvalue weighted by atomic mass is 10.0. The number of phenolic OH excluding ortho intramolecular Hbond substituents is 1. The van der Waals surface area contributed by atoms with E-state index in [0.717, 1.165) is 22.2 Å². The normalized spacial score (nSPS) is 11.6. The van der Waals surface area contributed by atoms with Crippen LogP contribution >= 0.6 is 0 Å². The van der Waals surface area contributed by atoms with Gasteiger partial charge in [0.15, 0.2) is 5.69 Å². The molecule has 0 aliphatic heterocycles. The number of aliphatic imine (C=N–C) groups is 1. The molecule has 4 aromatic carbocycles. The monoisotopic (exact) mass is 531 g/mol. The van der Waals surface area contributed by atoms with Crippen LogP contribution in [-0.2, 0) is 13.7 Å². The molecule has 0 saturated carbocycles. The first-order valence-electron chi connectivity index (χ1n) is 12.7. The molecule has 0 bridgehead atoms. The fraction of sp³-hybridized carbons (Fsp3) is 0.0938. The summed E-state index contributed by atoms with van der Waals surface area (Å²) in [6, 6.07) is 27.1. The van der Waals surface area contributed by atoms with Gasteiger partial charge >= 0.3 is 5.63 Å². The molecule has 0 amide bonds. The molecule has 0 unspecified atom stereocenters. The summed E-state index contributed by atoms with van der Waals surface area (Å²) >= 11 is 0. The van der Waals surface area contributed by atoms with Gasteiger partial charge in [-0.25, -0.2) is 14.5 Å². The Morgan fingerprint density at radius 2 is 1.70 bits per heavy atom. The fourth-order valence-corrected chi connectivity index (χ4v) is 4.86. The first kappa shape index (κ1) is 24.9. The summed E-state index contributed by atoms with van der Waals surface area (Å²) in [7, 11) is 1.83. The molecular formula is C32H25N3O5. The summed E-state index contributed by atoms with van der Waals surface area (Å²) in [5, 5.41) is 12.4. The van der Waals surface area contributed by atoms with E-state index in [9.17, 15) is 14.7 Å². The zero-order valence-electron chi connectivity index (χ0n) is 21.9. The van der Waals surface area contributed by atoms with Crippen LogP contribution < -0.4 is 15.9 Å². The molecule has 0 saturated heterocycles. The highest BCUT2D eigenvalue weighted by Crippen LogP contribution is 2.29. The van der Waals surface area contributed by atoms with Gasteiger partial charge in [-0.15, -0.1) is 0 Å². The predicted molar refractivity (Wildman–Crippen MR) is 155 cm³/mol. The van der Waals surface area contributed by atoms with Crippen LogP contribution in [0, 0.1) is 6.92 Å². The average Bonchev–Trinajstić information content (AvgIpc) is 3.17. The minimum absolute atomic E-state index is 0.00396. The van der Waals surface area contributed by atoms with Crippen molar-refractivity contribution >= 4 is 33.6 Å². The van der Waals surface area contributed by atoms with Gasteiger partial charge in [-0.1, -0.05) is 48.5 Å². The lowest BCUT2D eigenvalue weighted by Crippen LogP contribution is -2.19. The average molecular weight is 532 g/mol. The number of rotatable bonds is 6. The Kier molecular flexibility index (Phi) is 6.28. The second-order valence-corrected chi connectivity index (χ2v) is 9.43. The minimum atomic E-state index is -0.536. The van der Waals surface area contributed by atoms with Crippen LogP contribution in [0.4, 0.5) is 5.69 Å². The number of phenols is 1. The van der Waals surface area contributed by atoms with Gasteiger partial charge in [0, 0.05) is 41.9 Å². The number of fused-ring (bicyclic) bond motifs is 2. The van der Waals surface area contributed by atoms with E-state index in [4.69, 9.17) is 9.15 Å². The smallest absolute Gasteiger partial charge is 0.336 e. The molecule has 8 nitrogen and oxygen atoms in total. The highest BCUT2D eigenvalue weighted by Gasteiger charge is 2.16. The van der Waals surface area contributed by atoms with Gasteiger partial charge in [-0.3, -0.25) is 9.48 Å². The van der Waals surface area contributed by atoms with E-state index in [0.29, 0.717) is 28.0 Å². The van der Waals surface area contributed by atoms with Crippen molar-refractivity contribution in [2.75, 3.05) is 0 Å². The minimum Gasteiger partial charge on any atom is -0.508 e. The van der Waals surface area contributed by atoms with Gasteiger partial charge in [0.2, 0.25) is 0 Å². The first-order valence-corrected chi connectivity index (χ1v) is 12.7. The molecule has 0 fully saturated rings. The number of aromatic nitrogens is 2. The van der Waals surface area contributed by atoms with Crippen molar-refractivity contribution in [3.63, 3.8) is 0 Å². The maximum atomic E-state index is 13.4. The fourth-order valence-electron chi connectivity index (χ4n) is 4.86. The standard InChI is InChI=1S/C32H25N3O5/c1-20-31(32(38)35(34(20)2)23-9-4-3-5-10-23)33-18-27-25-11-7-6-8-21(25)12-15-28(27)39-19-22-16-30(37)40-29-17-24(36)13-14-26(22)29/h3-18,36H,19H2,1-2H3. The largest absolute Gasteiger partial charge is 0.508 e. The third kappa shape index (κ3) is 4.45. The lowest BCUT2D eigenvalue weighted by molar-refractivity contribution is 0.306. The molecule has 0 spiro atoms. The summed E-state index contributed by atoms with van der Waals surface area (Å²) in [5.74, 6) is 0.545. The van der Waals surface area contributed by atoms with E-state index in [2.05, 4.69) is 4.99 Å². The number of nitrogens with zero attached hydrogens (tertiary/aromatic N) is 3. The number of hydrogen-bond acceptors (Lipinski definition) is 6. The number of hydrogen-bond donors (Lipinski definition) is 1. The topological polar surface area (TPSA) is 99.0 Å². The quantitative estimate of drug-likeness (QED) is 0.217. The van der Waals surface area contributed by atoms with Crippen LogP contribution in [0.25, 0.3) is 27.4 Å². The van der Waals surface area contributed by atoms with E-state index >= 15 is 0 Å². The molecule has 0 aliphatic carbocycles. The van der Waals surface area contributed by atoms with Crippen LogP contribution in [0.5, 0.6) is 11.5 Å². The van der Waals surface area contributed by atoms with E-state index in [1.807, 2.05) is 80.7 Å². The van der Waals surface area contributed by atoms with Crippen LogP contribution in [0.15, 0.2) is 110 Å². The third-order valence-electron chi connectivity index (χ3n) is 6.97. The molecule has 6 rings (SSSR count). The molecule has 0 atom stereocenters. The van der Waals surface area contributed by atoms with Crippen LogP contribution in [0.3, 0.4) is 0 Å². The van der Waals surface area contributed by atoms with Crippen LogP contribution in [0.2, 0.25) is 0 Å². The van der Waals surface area contributed by atoms with Gasteiger partial charge in [0.25, 0.3) is 5.56 Å². The van der Waals surface area contributed by atoms with Crippen molar-refractivity contribution in [1.29, 1.82) is 0 Å². The first-order chi connectivity index (χ1) is 19.4. The van der Waals surface area contributed by atoms with Crippen molar-refractivity contribution < 1.29 is 14.3 Å². The zero-order chi connectivity index (χ0) is 27.8. The van der Waals surface area contributed by atoms with E-state index < -0.39 is 5.63 Å². The van der Waals surface area contributed by atoms with Crippen molar-refractivity contribution in [2.45, 2.75) is 13.5 Å². The van der Waals surface area contributed by atoms with Gasteiger partial charge in [0.1, 0.15) is 23.7 Å². The van der Waals surface area contributed by atoms with E-state index in [1.54, 1.807) is 21.6 Å². The molecule has 2 heterocycles. The molecule has 0 aliphatic rings. The molecular weight excluding hydrogens is 506 g/mol. The van der Waals surface area contributed by atoms with Gasteiger partial charge in [-0.2, -0.15) is 0 Å². The number of ether oxygens (including phenoxy) is 1. The van der Waals surface area contributed by atoms with Gasteiger partial charge in [0.05, 0.1) is 11.4 Å². The second kappa shape index (κ2) is 10.1.